The number of nitrogens with zero attached hydrogens (tertiary/aromatic N) is 1. The summed E-state index contributed by atoms with van der Waals surface area (Å²) >= 11 is 4.61. The second kappa shape index (κ2) is 5.00. The Labute approximate surface area is 102 Å². The van der Waals surface area contributed by atoms with Crippen LogP contribution in [0.25, 0.3) is 0 Å². The fourth-order valence-corrected chi connectivity index (χ4v) is 1.49. The SMILES string of the molecule is CC(C)[C@H]1COC(=O)N1C(=O)/C=C/C(F)(F)Cl. The molecule has 1 heterocycles. The molecule has 0 aromatic rings. The molecule has 0 saturated carbocycles. The molecule has 1 fully saturated rings. The van der Waals surface area contributed by atoms with E-state index in [4.69, 9.17) is 4.74 Å². The van der Waals surface area contributed by atoms with Crippen LogP contribution >= 0.6 is 11.6 Å². The highest BCUT2D eigenvalue weighted by molar-refractivity contribution is 6.23. The zero-order valence-electron chi connectivity index (χ0n) is 9.32. The maximum atomic E-state index is 12.3. The fourth-order valence-electron chi connectivity index (χ4n) is 1.43. The van der Waals surface area contributed by atoms with Gasteiger partial charge in [-0.1, -0.05) is 13.8 Å². The van der Waals surface area contributed by atoms with Gasteiger partial charge in [0.15, 0.2) is 0 Å². The van der Waals surface area contributed by atoms with Crippen LogP contribution in [-0.2, 0) is 9.53 Å². The van der Waals surface area contributed by atoms with Crippen molar-refractivity contribution in [2.45, 2.75) is 25.3 Å². The van der Waals surface area contributed by atoms with Crippen LogP contribution in [0.15, 0.2) is 12.2 Å². The van der Waals surface area contributed by atoms with Gasteiger partial charge in [0.2, 0.25) is 0 Å². The molecule has 7 heteroatoms. The number of hydrogen-bond acceptors (Lipinski definition) is 3. The summed E-state index contributed by atoms with van der Waals surface area (Å²) in [5.41, 5.74) is 0. The lowest BCUT2D eigenvalue weighted by Gasteiger charge is -2.21. The maximum absolute atomic E-state index is 12.3. The summed E-state index contributed by atoms with van der Waals surface area (Å²) in [4.78, 5) is 23.7. The predicted molar refractivity (Wildman–Crippen MR) is 56.8 cm³/mol. The van der Waals surface area contributed by atoms with Crippen LogP contribution in [0.2, 0.25) is 0 Å². The van der Waals surface area contributed by atoms with Crippen LogP contribution < -0.4 is 0 Å². The van der Waals surface area contributed by atoms with Gasteiger partial charge < -0.3 is 4.74 Å². The molecule has 1 atom stereocenters. The molecular weight excluding hydrogens is 256 g/mol. The van der Waals surface area contributed by atoms with Gasteiger partial charge in [0.05, 0.1) is 6.04 Å². The van der Waals surface area contributed by atoms with Gasteiger partial charge >= 0.3 is 11.5 Å². The van der Waals surface area contributed by atoms with Crippen molar-refractivity contribution in [2.24, 2.45) is 5.92 Å². The number of ether oxygens (including phenoxy) is 1. The number of allylic oxidation sites excluding steroid dienone is 1. The Morgan fingerprint density at radius 3 is 2.71 bits per heavy atom. The molecule has 0 radical (unpaired) electrons. The van der Waals surface area contributed by atoms with Crippen molar-refractivity contribution in [3.8, 4) is 0 Å². The minimum Gasteiger partial charge on any atom is -0.447 e. The largest absolute Gasteiger partial charge is 0.447 e. The van der Waals surface area contributed by atoms with Crippen molar-refractivity contribution in [1.82, 2.24) is 4.90 Å². The minimum absolute atomic E-state index is 0.0182. The van der Waals surface area contributed by atoms with Gasteiger partial charge in [0, 0.05) is 12.2 Å². The molecule has 0 bridgehead atoms. The molecule has 0 spiro atoms. The lowest BCUT2D eigenvalue weighted by Crippen LogP contribution is -2.41. The minimum atomic E-state index is -3.60. The third-order valence-corrected chi connectivity index (χ3v) is 2.45. The summed E-state index contributed by atoms with van der Waals surface area (Å²) in [5, 5.41) is -3.60. The van der Waals surface area contributed by atoms with E-state index in [0.717, 1.165) is 4.90 Å². The number of imide groups is 1. The standard InChI is InChI=1S/C10H12ClF2NO3/c1-6(2)7-5-17-9(16)14(7)8(15)3-4-10(11,12)13/h3-4,6-7H,5H2,1-2H3/b4-3+/t7-/m1/s1. The Hall–Kier alpha value is -1.17. The third-order valence-electron chi connectivity index (χ3n) is 2.33. The summed E-state index contributed by atoms with van der Waals surface area (Å²) < 4.78 is 29.3. The van der Waals surface area contributed by atoms with Crippen molar-refractivity contribution < 1.29 is 23.1 Å². The van der Waals surface area contributed by atoms with E-state index in [-0.39, 0.29) is 18.6 Å². The quantitative estimate of drug-likeness (QED) is 0.583. The van der Waals surface area contributed by atoms with Gasteiger partial charge in [-0.15, -0.1) is 0 Å². The van der Waals surface area contributed by atoms with E-state index < -0.39 is 23.4 Å². The summed E-state index contributed by atoms with van der Waals surface area (Å²) in [6.07, 6.45) is -0.00861. The molecular formula is C10H12ClF2NO3. The molecule has 0 aromatic carbocycles. The van der Waals surface area contributed by atoms with E-state index in [1.807, 2.05) is 0 Å². The number of amides is 2. The van der Waals surface area contributed by atoms with Gasteiger partial charge in [-0.25, -0.2) is 9.69 Å². The van der Waals surface area contributed by atoms with E-state index in [1.54, 1.807) is 13.8 Å². The van der Waals surface area contributed by atoms with Crippen LogP contribution in [0.5, 0.6) is 0 Å². The lowest BCUT2D eigenvalue weighted by molar-refractivity contribution is -0.124. The van der Waals surface area contributed by atoms with Gasteiger partial charge in [-0.05, 0) is 17.5 Å². The first-order valence-corrected chi connectivity index (χ1v) is 5.36. The third kappa shape index (κ3) is 3.66. The van der Waals surface area contributed by atoms with Gasteiger partial charge in [-0.2, -0.15) is 8.78 Å². The summed E-state index contributed by atoms with van der Waals surface area (Å²) in [5.74, 6) is -0.873. The monoisotopic (exact) mass is 267 g/mol. The highest BCUT2D eigenvalue weighted by Gasteiger charge is 2.38. The van der Waals surface area contributed by atoms with Crippen molar-refractivity contribution in [1.29, 1.82) is 0 Å². The van der Waals surface area contributed by atoms with Crippen molar-refractivity contribution in [2.75, 3.05) is 6.61 Å². The van der Waals surface area contributed by atoms with E-state index in [9.17, 15) is 18.4 Å². The van der Waals surface area contributed by atoms with E-state index >= 15 is 0 Å². The van der Waals surface area contributed by atoms with Crippen molar-refractivity contribution in [3.63, 3.8) is 0 Å². The molecule has 1 aliphatic heterocycles. The average molecular weight is 268 g/mol. The highest BCUT2D eigenvalue weighted by Crippen LogP contribution is 2.22. The number of cyclic esters (lactones) is 1. The molecule has 1 aliphatic rings. The number of alkyl halides is 3. The molecule has 0 unspecified atom stereocenters. The lowest BCUT2D eigenvalue weighted by atomic mass is 10.0. The van der Waals surface area contributed by atoms with Gasteiger partial charge in [0.1, 0.15) is 6.61 Å². The normalized spacial score (nSPS) is 21.4. The van der Waals surface area contributed by atoms with Gasteiger partial charge in [-0.3, -0.25) is 4.79 Å². The topological polar surface area (TPSA) is 46.6 Å². The second-order valence-electron chi connectivity index (χ2n) is 3.97. The van der Waals surface area contributed by atoms with Crippen LogP contribution in [0.4, 0.5) is 13.6 Å². The van der Waals surface area contributed by atoms with E-state index in [2.05, 4.69) is 11.6 Å². The molecule has 1 rings (SSSR count). The average Bonchev–Trinajstić information content (AvgIpc) is 2.55. The van der Waals surface area contributed by atoms with Gasteiger partial charge in [0.25, 0.3) is 5.91 Å². The first-order chi connectivity index (χ1) is 7.72. The molecule has 17 heavy (non-hydrogen) atoms. The molecule has 1 saturated heterocycles. The molecule has 0 aromatic heterocycles. The summed E-state index contributed by atoms with van der Waals surface area (Å²) in [7, 11) is 0. The van der Waals surface area contributed by atoms with E-state index in [1.165, 1.54) is 0 Å². The number of halogens is 3. The molecule has 0 aliphatic carbocycles. The van der Waals surface area contributed by atoms with Crippen molar-refractivity contribution >= 4 is 23.6 Å². The Morgan fingerprint density at radius 2 is 2.24 bits per heavy atom. The number of rotatable bonds is 3. The number of carbonyl (C=O) groups excluding carboxylic acids is 2. The Bertz CT molecular complexity index is 352. The Morgan fingerprint density at radius 1 is 1.65 bits per heavy atom. The van der Waals surface area contributed by atoms with Crippen LogP contribution in [0.3, 0.4) is 0 Å². The molecule has 4 nitrogen and oxygen atoms in total. The molecule has 96 valence electrons. The first kappa shape index (κ1) is 13.9. The second-order valence-corrected chi connectivity index (χ2v) is 4.48. The highest BCUT2D eigenvalue weighted by atomic mass is 35.5. The van der Waals surface area contributed by atoms with Crippen LogP contribution in [0.1, 0.15) is 13.8 Å². The Balaban J connectivity index is 2.80. The molecule has 0 N–H and O–H groups in total. The zero-order chi connectivity index (χ0) is 13.2. The first-order valence-electron chi connectivity index (χ1n) is 4.98. The Kier molecular flexibility index (Phi) is 4.08. The summed E-state index contributed by atoms with van der Waals surface area (Å²) in [6, 6.07) is -0.441. The maximum Gasteiger partial charge on any atom is 0.417 e. The van der Waals surface area contributed by atoms with E-state index in [0.29, 0.717) is 6.08 Å². The van der Waals surface area contributed by atoms with Crippen molar-refractivity contribution in [3.05, 3.63) is 12.2 Å². The number of hydrogen-bond donors (Lipinski definition) is 0. The van der Waals surface area contributed by atoms with Crippen LogP contribution in [-0.4, -0.2) is 34.9 Å². The van der Waals surface area contributed by atoms with Crippen LogP contribution in [0, 0.1) is 5.92 Å². The zero-order valence-corrected chi connectivity index (χ0v) is 10.1. The molecule has 2 amide bonds. The number of carbonyl (C=O) groups is 2. The smallest absolute Gasteiger partial charge is 0.417 e. The summed E-state index contributed by atoms with van der Waals surface area (Å²) in [6.45, 7) is 3.67. The predicted octanol–water partition coefficient (Wildman–Crippen LogP) is 2.38. The fraction of sp³-hybridized carbons (Fsp3) is 0.600.